The van der Waals surface area contributed by atoms with Crippen LogP contribution in [0.25, 0.3) is 0 Å². The standard InChI is InChI=1S/C11H8BrF5O3/c12-5-4-6(18)9-7(19-10(13)14)2-1-3-8(9)20-11(15,16)17/h1-3,10H,4-5H2. The minimum Gasteiger partial charge on any atom is -0.434 e. The highest BCUT2D eigenvalue weighted by atomic mass is 79.9. The summed E-state index contributed by atoms with van der Waals surface area (Å²) in [6.07, 6.45) is -5.25. The molecular formula is C11H8BrF5O3. The molecule has 0 spiro atoms. The maximum absolute atomic E-state index is 12.2. The van der Waals surface area contributed by atoms with E-state index in [1.165, 1.54) is 0 Å². The summed E-state index contributed by atoms with van der Waals surface area (Å²) >= 11 is 2.94. The average molecular weight is 363 g/mol. The molecule has 1 rings (SSSR count). The van der Waals surface area contributed by atoms with Crippen LogP contribution in [0.5, 0.6) is 11.5 Å². The Morgan fingerprint density at radius 3 is 2.35 bits per heavy atom. The largest absolute Gasteiger partial charge is 0.573 e. The number of benzene rings is 1. The van der Waals surface area contributed by atoms with Crippen LogP contribution in [0, 0.1) is 0 Å². The number of rotatable bonds is 6. The summed E-state index contributed by atoms with van der Waals surface area (Å²) in [6, 6.07) is 2.84. The number of hydrogen-bond acceptors (Lipinski definition) is 3. The van der Waals surface area contributed by atoms with Crippen molar-refractivity contribution in [2.75, 3.05) is 5.33 Å². The zero-order valence-corrected chi connectivity index (χ0v) is 11.3. The lowest BCUT2D eigenvalue weighted by atomic mass is 10.1. The summed E-state index contributed by atoms with van der Waals surface area (Å²) in [5.74, 6) is -2.34. The molecule has 0 saturated heterocycles. The second kappa shape index (κ2) is 6.87. The molecule has 0 unspecified atom stereocenters. The number of carbonyl (C=O) groups is 1. The topological polar surface area (TPSA) is 35.5 Å². The lowest BCUT2D eigenvalue weighted by Crippen LogP contribution is -2.20. The minimum atomic E-state index is -5.05. The van der Waals surface area contributed by atoms with Gasteiger partial charge in [-0.1, -0.05) is 22.0 Å². The SMILES string of the molecule is O=C(CCBr)c1c(OC(F)F)cccc1OC(F)(F)F. The molecule has 9 heteroatoms. The quantitative estimate of drug-likeness (QED) is 0.433. The average Bonchev–Trinajstić information content (AvgIpc) is 2.26. The highest BCUT2D eigenvalue weighted by Crippen LogP contribution is 2.34. The van der Waals surface area contributed by atoms with E-state index in [0.29, 0.717) is 0 Å². The van der Waals surface area contributed by atoms with Crippen LogP contribution in [0.4, 0.5) is 22.0 Å². The Kier molecular flexibility index (Phi) is 5.73. The Hall–Kier alpha value is -1.38. The van der Waals surface area contributed by atoms with Crippen LogP contribution < -0.4 is 9.47 Å². The first-order chi connectivity index (χ1) is 9.24. The van der Waals surface area contributed by atoms with E-state index in [-0.39, 0.29) is 11.8 Å². The van der Waals surface area contributed by atoms with Crippen LogP contribution in [0.1, 0.15) is 16.8 Å². The van der Waals surface area contributed by atoms with Crippen molar-refractivity contribution in [3.05, 3.63) is 23.8 Å². The van der Waals surface area contributed by atoms with Crippen LogP contribution in [0.3, 0.4) is 0 Å². The van der Waals surface area contributed by atoms with E-state index in [4.69, 9.17) is 0 Å². The first-order valence-electron chi connectivity index (χ1n) is 5.17. The van der Waals surface area contributed by atoms with Crippen LogP contribution in [0.2, 0.25) is 0 Å². The van der Waals surface area contributed by atoms with Crippen LogP contribution in [-0.2, 0) is 0 Å². The smallest absolute Gasteiger partial charge is 0.434 e. The van der Waals surface area contributed by atoms with Crippen molar-refractivity contribution >= 4 is 21.7 Å². The fourth-order valence-corrected chi connectivity index (χ4v) is 1.76. The third-order valence-electron chi connectivity index (χ3n) is 2.03. The van der Waals surface area contributed by atoms with Crippen molar-refractivity contribution < 1.29 is 36.2 Å². The molecule has 0 saturated carbocycles. The van der Waals surface area contributed by atoms with Crippen LogP contribution in [0.15, 0.2) is 18.2 Å². The predicted molar refractivity (Wildman–Crippen MR) is 62.5 cm³/mol. The van der Waals surface area contributed by atoms with Gasteiger partial charge in [-0.15, -0.1) is 13.2 Å². The van der Waals surface area contributed by atoms with Crippen molar-refractivity contribution in [2.24, 2.45) is 0 Å². The van der Waals surface area contributed by atoms with Gasteiger partial charge in [0.1, 0.15) is 17.1 Å². The number of alkyl halides is 6. The highest BCUT2D eigenvalue weighted by Gasteiger charge is 2.34. The Morgan fingerprint density at radius 1 is 1.25 bits per heavy atom. The molecule has 0 aliphatic carbocycles. The van der Waals surface area contributed by atoms with Crippen LogP contribution >= 0.6 is 15.9 Å². The highest BCUT2D eigenvalue weighted by molar-refractivity contribution is 9.09. The van der Waals surface area contributed by atoms with Crippen molar-refractivity contribution in [1.29, 1.82) is 0 Å². The number of halogens is 6. The molecule has 1 aromatic rings. The molecule has 0 heterocycles. The Balaban J connectivity index is 3.24. The van der Waals surface area contributed by atoms with Crippen molar-refractivity contribution in [3.8, 4) is 11.5 Å². The molecular weight excluding hydrogens is 355 g/mol. The number of carbonyl (C=O) groups excluding carboxylic acids is 1. The van der Waals surface area contributed by atoms with Gasteiger partial charge in [-0.05, 0) is 12.1 Å². The molecule has 112 valence electrons. The van der Waals surface area contributed by atoms with E-state index in [2.05, 4.69) is 25.4 Å². The molecule has 0 aliphatic heterocycles. The van der Waals surface area contributed by atoms with E-state index in [1.54, 1.807) is 0 Å². The number of hydrogen-bond donors (Lipinski definition) is 0. The van der Waals surface area contributed by atoms with Crippen molar-refractivity contribution in [1.82, 2.24) is 0 Å². The summed E-state index contributed by atoms with van der Waals surface area (Å²) in [5.41, 5.74) is -0.662. The Morgan fingerprint density at radius 2 is 1.85 bits per heavy atom. The molecule has 0 fully saturated rings. The lowest BCUT2D eigenvalue weighted by Gasteiger charge is -2.15. The maximum Gasteiger partial charge on any atom is 0.573 e. The van der Waals surface area contributed by atoms with E-state index < -0.39 is 35.8 Å². The van der Waals surface area contributed by atoms with Gasteiger partial charge < -0.3 is 9.47 Å². The molecule has 0 atom stereocenters. The first-order valence-corrected chi connectivity index (χ1v) is 6.29. The Bertz CT molecular complexity index is 476. The summed E-state index contributed by atoms with van der Waals surface area (Å²) in [5, 5.41) is 0.153. The summed E-state index contributed by atoms with van der Waals surface area (Å²) in [6.45, 7) is -3.27. The van der Waals surface area contributed by atoms with Crippen LogP contribution in [-0.4, -0.2) is 24.1 Å². The number of ketones is 1. The first kappa shape index (κ1) is 16.7. The monoisotopic (exact) mass is 362 g/mol. The summed E-state index contributed by atoms with van der Waals surface area (Å²) in [4.78, 5) is 11.8. The van der Waals surface area contributed by atoms with Gasteiger partial charge in [0.25, 0.3) is 0 Å². The van der Waals surface area contributed by atoms with Crippen molar-refractivity contribution in [2.45, 2.75) is 19.4 Å². The Labute approximate surface area is 118 Å². The third-order valence-corrected chi connectivity index (χ3v) is 2.43. The predicted octanol–water partition coefficient (Wildman–Crippen LogP) is 4.15. The zero-order chi connectivity index (χ0) is 15.3. The van der Waals surface area contributed by atoms with E-state index in [0.717, 1.165) is 18.2 Å². The van der Waals surface area contributed by atoms with Gasteiger partial charge in [0, 0.05) is 11.8 Å². The van der Waals surface area contributed by atoms with Crippen molar-refractivity contribution in [3.63, 3.8) is 0 Å². The molecule has 1 aromatic carbocycles. The van der Waals surface area contributed by atoms with E-state index in [1.807, 2.05) is 0 Å². The fourth-order valence-electron chi connectivity index (χ4n) is 1.40. The van der Waals surface area contributed by atoms with Gasteiger partial charge in [0.05, 0.1) is 0 Å². The van der Waals surface area contributed by atoms with E-state index in [9.17, 15) is 26.7 Å². The normalized spacial score (nSPS) is 11.6. The maximum atomic E-state index is 12.2. The molecule has 0 aromatic heterocycles. The van der Waals surface area contributed by atoms with Gasteiger partial charge in [0.2, 0.25) is 0 Å². The molecule has 20 heavy (non-hydrogen) atoms. The van der Waals surface area contributed by atoms with Gasteiger partial charge in [-0.25, -0.2) is 0 Å². The second-order valence-corrected chi connectivity index (χ2v) is 4.21. The minimum absolute atomic E-state index is 0.153. The third kappa shape index (κ3) is 4.95. The summed E-state index contributed by atoms with van der Waals surface area (Å²) in [7, 11) is 0. The zero-order valence-electron chi connectivity index (χ0n) is 9.72. The molecule has 0 N–H and O–H groups in total. The summed E-state index contributed by atoms with van der Waals surface area (Å²) < 4.78 is 68.8. The molecule has 0 amide bonds. The van der Waals surface area contributed by atoms with Gasteiger partial charge in [-0.3, -0.25) is 4.79 Å². The number of Topliss-reactive ketones (excluding diaryl/α,β-unsaturated/α-hetero) is 1. The van der Waals surface area contributed by atoms with Gasteiger partial charge in [0.15, 0.2) is 5.78 Å². The molecule has 3 nitrogen and oxygen atoms in total. The van der Waals surface area contributed by atoms with E-state index >= 15 is 0 Å². The van der Waals surface area contributed by atoms with Gasteiger partial charge >= 0.3 is 13.0 Å². The number of ether oxygens (including phenoxy) is 2. The van der Waals surface area contributed by atoms with Gasteiger partial charge in [-0.2, -0.15) is 8.78 Å². The molecule has 0 aliphatic rings. The molecule has 0 radical (unpaired) electrons. The second-order valence-electron chi connectivity index (χ2n) is 3.42. The molecule has 0 bridgehead atoms. The lowest BCUT2D eigenvalue weighted by molar-refractivity contribution is -0.274. The fraction of sp³-hybridized carbons (Fsp3) is 0.364.